The minimum Gasteiger partial charge on any atom is -0.488 e. The molecule has 2 N–H and O–H groups in total. The second kappa shape index (κ2) is 4.67. The van der Waals surface area contributed by atoms with E-state index >= 15 is 0 Å². The maximum absolute atomic E-state index is 5.97. The molecule has 0 saturated carbocycles. The summed E-state index contributed by atoms with van der Waals surface area (Å²) in [7, 11) is 0. The molecule has 0 fully saturated rings. The van der Waals surface area contributed by atoms with Crippen molar-refractivity contribution in [3.05, 3.63) is 47.3 Å². The zero-order chi connectivity index (χ0) is 13.4. The van der Waals surface area contributed by atoms with Crippen molar-refractivity contribution in [3.63, 3.8) is 0 Å². The van der Waals surface area contributed by atoms with Crippen molar-refractivity contribution < 1.29 is 4.74 Å². The number of para-hydroxylation sites is 1. The number of aryl methyl sites for hydroxylation is 2. The van der Waals surface area contributed by atoms with Gasteiger partial charge in [0, 0.05) is 35.5 Å². The van der Waals surface area contributed by atoms with Gasteiger partial charge in [0.2, 0.25) is 0 Å². The minimum atomic E-state index is 0.106. The molecule has 0 aliphatic carbocycles. The van der Waals surface area contributed by atoms with Gasteiger partial charge in [-0.3, -0.25) is 4.98 Å². The van der Waals surface area contributed by atoms with E-state index in [1.54, 1.807) is 0 Å². The number of nitrogens with two attached hydrogens (primary N) is 1. The smallest absolute Gasteiger partial charge is 0.131 e. The highest BCUT2D eigenvalue weighted by Gasteiger charge is 2.25. The van der Waals surface area contributed by atoms with Crippen LogP contribution >= 0.6 is 0 Å². The first-order valence-electron chi connectivity index (χ1n) is 6.62. The van der Waals surface area contributed by atoms with Crippen LogP contribution in [0.1, 0.15) is 17.0 Å². The minimum absolute atomic E-state index is 0.106. The molecular formula is C16H18N2O. The second-order valence-corrected chi connectivity index (χ2v) is 5.06. The summed E-state index contributed by atoms with van der Waals surface area (Å²) in [5.74, 6) is 0.978. The summed E-state index contributed by atoms with van der Waals surface area (Å²) in [5.41, 5.74) is 11.3. The Kier molecular flexibility index (Phi) is 2.99. The lowest BCUT2D eigenvalue weighted by molar-refractivity contribution is 0.242. The van der Waals surface area contributed by atoms with E-state index in [0.29, 0.717) is 6.54 Å². The number of hydrogen-bond acceptors (Lipinski definition) is 3. The summed E-state index contributed by atoms with van der Waals surface area (Å²) in [4.78, 5) is 4.53. The summed E-state index contributed by atoms with van der Waals surface area (Å²) >= 11 is 0. The average Bonchev–Trinajstić information content (AvgIpc) is 2.82. The molecule has 0 unspecified atom stereocenters. The molecule has 2 aromatic rings. The largest absolute Gasteiger partial charge is 0.488 e. The Morgan fingerprint density at radius 1 is 1.21 bits per heavy atom. The lowest BCUT2D eigenvalue weighted by Gasteiger charge is -2.12. The van der Waals surface area contributed by atoms with Gasteiger partial charge < -0.3 is 10.5 Å². The summed E-state index contributed by atoms with van der Waals surface area (Å²) in [5, 5.41) is 0. The molecule has 0 radical (unpaired) electrons. The van der Waals surface area contributed by atoms with Gasteiger partial charge in [0.15, 0.2) is 0 Å². The third-order valence-electron chi connectivity index (χ3n) is 3.61. The predicted molar refractivity (Wildman–Crippen MR) is 76.3 cm³/mol. The van der Waals surface area contributed by atoms with E-state index in [4.69, 9.17) is 10.5 Å². The molecule has 3 nitrogen and oxygen atoms in total. The zero-order valence-corrected chi connectivity index (χ0v) is 11.3. The zero-order valence-electron chi connectivity index (χ0n) is 11.3. The average molecular weight is 254 g/mol. The van der Waals surface area contributed by atoms with Crippen molar-refractivity contribution in [1.82, 2.24) is 4.98 Å². The Bertz CT molecular complexity index is 622. The van der Waals surface area contributed by atoms with E-state index < -0.39 is 0 Å². The van der Waals surface area contributed by atoms with Gasteiger partial charge in [-0.15, -0.1) is 0 Å². The molecule has 0 bridgehead atoms. The fraction of sp³-hybridized carbons (Fsp3) is 0.312. The summed E-state index contributed by atoms with van der Waals surface area (Å²) in [6.45, 7) is 4.60. The van der Waals surface area contributed by atoms with Crippen LogP contribution in [0, 0.1) is 13.8 Å². The number of fused-ring (bicyclic) bond motifs is 1. The summed E-state index contributed by atoms with van der Waals surface area (Å²) in [6.07, 6.45) is 1.01. The molecule has 2 heterocycles. The lowest BCUT2D eigenvalue weighted by Crippen LogP contribution is -2.24. The first kappa shape index (κ1) is 12.2. The molecule has 19 heavy (non-hydrogen) atoms. The van der Waals surface area contributed by atoms with Crippen LogP contribution in [0.3, 0.4) is 0 Å². The molecule has 0 amide bonds. The van der Waals surface area contributed by atoms with Gasteiger partial charge in [0.05, 0.1) is 0 Å². The molecule has 1 atom stereocenters. The van der Waals surface area contributed by atoms with Crippen LogP contribution in [0.15, 0.2) is 30.3 Å². The Morgan fingerprint density at radius 3 is 2.79 bits per heavy atom. The fourth-order valence-corrected chi connectivity index (χ4v) is 2.65. The van der Waals surface area contributed by atoms with Crippen molar-refractivity contribution in [1.29, 1.82) is 0 Å². The van der Waals surface area contributed by atoms with E-state index in [0.717, 1.165) is 34.7 Å². The van der Waals surface area contributed by atoms with E-state index in [9.17, 15) is 0 Å². The van der Waals surface area contributed by atoms with E-state index in [2.05, 4.69) is 29.2 Å². The van der Waals surface area contributed by atoms with Gasteiger partial charge in [-0.2, -0.15) is 0 Å². The van der Waals surface area contributed by atoms with E-state index in [1.807, 2.05) is 19.9 Å². The number of nitrogens with zero attached hydrogens (tertiary/aromatic N) is 1. The first-order chi connectivity index (χ1) is 9.19. The van der Waals surface area contributed by atoms with Gasteiger partial charge in [-0.25, -0.2) is 0 Å². The van der Waals surface area contributed by atoms with Gasteiger partial charge in [-0.1, -0.05) is 24.3 Å². The number of benzene rings is 1. The molecule has 3 rings (SSSR count). The van der Waals surface area contributed by atoms with Crippen LogP contribution in [0.4, 0.5) is 0 Å². The van der Waals surface area contributed by atoms with Gasteiger partial charge in [-0.05, 0) is 25.5 Å². The van der Waals surface area contributed by atoms with Crippen LogP contribution in [0.2, 0.25) is 0 Å². The Labute approximate surface area is 113 Å². The number of rotatable bonds is 2. The second-order valence-electron chi connectivity index (χ2n) is 5.06. The third kappa shape index (κ3) is 2.10. The van der Waals surface area contributed by atoms with Crippen molar-refractivity contribution in [3.8, 4) is 16.9 Å². The Balaban J connectivity index is 2.10. The first-order valence-corrected chi connectivity index (χ1v) is 6.62. The van der Waals surface area contributed by atoms with Gasteiger partial charge >= 0.3 is 0 Å². The maximum Gasteiger partial charge on any atom is 0.131 e. The van der Waals surface area contributed by atoms with Crippen molar-refractivity contribution in [2.24, 2.45) is 5.73 Å². The number of pyridine rings is 1. The standard InChI is InChI=1S/C16H18N2O/c1-10-6-7-14(11(2)18-10)15-5-3-4-12-8-13(9-17)19-16(12)15/h3-7,13H,8-9,17H2,1-2H3/t13-/m0/s1. The molecular weight excluding hydrogens is 236 g/mol. The molecule has 0 spiro atoms. The quantitative estimate of drug-likeness (QED) is 0.896. The van der Waals surface area contributed by atoms with Crippen molar-refractivity contribution >= 4 is 0 Å². The van der Waals surface area contributed by atoms with Gasteiger partial charge in [0.25, 0.3) is 0 Å². The van der Waals surface area contributed by atoms with Crippen molar-refractivity contribution in [2.75, 3.05) is 6.54 Å². The fourth-order valence-electron chi connectivity index (χ4n) is 2.65. The lowest BCUT2D eigenvalue weighted by atomic mass is 9.99. The van der Waals surface area contributed by atoms with Crippen molar-refractivity contribution in [2.45, 2.75) is 26.4 Å². The van der Waals surface area contributed by atoms with Crippen LogP contribution in [-0.4, -0.2) is 17.6 Å². The normalized spacial score (nSPS) is 17.1. The SMILES string of the molecule is Cc1ccc(-c2cccc3c2O[C@H](CN)C3)c(C)n1. The monoisotopic (exact) mass is 254 g/mol. The third-order valence-corrected chi connectivity index (χ3v) is 3.61. The Morgan fingerprint density at radius 2 is 2.05 bits per heavy atom. The van der Waals surface area contributed by atoms with E-state index in [-0.39, 0.29) is 6.10 Å². The van der Waals surface area contributed by atoms with Crippen LogP contribution in [-0.2, 0) is 6.42 Å². The molecule has 1 aliphatic rings. The summed E-state index contributed by atoms with van der Waals surface area (Å²) < 4.78 is 5.97. The topological polar surface area (TPSA) is 48.1 Å². The highest BCUT2D eigenvalue weighted by molar-refractivity contribution is 5.74. The highest BCUT2D eigenvalue weighted by Crippen LogP contribution is 2.39. The molecule has 1 aliphatic heterocycles. The van der Waals surface area contributed by atoms with Crippen LogP contribution < -0.4 is 10.5 Å². The highest BCUT2D eigenvalue weighted by atomic mass is 16.5. The van der Waals surface area contributed by atoms with E-state index in [1.165, 1.54) is 5.56 Å². The summed E-state index contributed by atoms with van der Waals surface area (Å²) in [6, 6.07) is 10.4. The number of hydrogen-bond donors (Lipinski definition) is 1. The van der Waals surface area contributed by atoms with Crippen LogP contribution in [0.5, 0.6) is 5.75 Å². The molecule has 1 aromatic carbocycles. The number of ether oxygens (including phenoxy) is 1. The Hall–Kier alpha value is -1.87. The molecule has 3 heteroatoms. The molecule has 98 valence electrons. The number of aromatic nitrogens is 1. The molecule has 0 saturated heterocycles. The van der Waals surface area contributed by atoms with Gasteiger partial charge in [0.1, 0.15) is 11.9 Å². The van der Waals surface area contributed by atoms with Crippen LogP contribution in [0.25, 0.3) is 11.1 Å². The maximum atomic E-state index is 5.97. The predicted octanol–water partition coefficient (Wildman–Crippen LogP) is 2.63. The molecule has 1 aromatic heterocycles.